The van der Waals surface area contributed by atoms with Crippen LogP contribution in [-0.4, -0.2) is 42.2 Å². The van der Waals surface area contributed by atoms with E-state index >= 15 is 0 Å². The van der Waals surface area contributed by atoms with Crippen molar-refractivity contribution >= 4 is 23.5 Å². The van der Waals surface area contributed by atoms with Crippen molar-refractivity contribution in [2.45, 2.75) is 30.4 Å². The van der Waals surface area contributed by atoms with Crippen LogP contribution < -0.4 is 0 Å². The van der Waals surface area contributed by atoms with E-state index in [1.807, 2.05) is 10.0 Å². The molecule has 0 bridgehead atoms. The summed E-state index contributed by atoms with van der Waals surface area (Å²) in [6, 6.07) is 0. The summed E-state index contributed by atoms with van der Waals surface area (Å²) in [5, 5.41) is 20.2. The van der Waals surface area contributed by atoms with Gasteiger partial charge < -0.3 is 0 Å². The van der Waals surface area contributed by atoms with Gasteiger partial charge in [-0.05, 0) is 0 Å². The number of aliphatic hydroxyl groups excluding tert-OH is 2. The van der Waals surface area contributed by atoms with Crippen LogP contribution in [0.4, 0.5) is 0 Å². The minimum atomic E-state index is -0.679. The van der Waals surface area contributed by atoms with Gasteiger partial charge in [0.05, 0.1) is 0 Å². The van der Waals surface area contributed by atoms with Crippen LogP contribution >= 0.6 is 10.0 Å². The van der Waals surface area contributed by atoms with Gasteiger partial charge in [0, 0.05) is 0 Å². The van der Waals surface area contributed by atoms with Crippen molar-refractivity contribution in [3.05, 3.63) is 0 Å². The molecule has 4 heteroatoms. The first kappa shape index (κ1) is 11.8. The maximum absolute atomic E-state index is 9.05. The number of aliphatic hydroxyl groups is 2. The summed E-state index contributed by atoms with van der Waals surface area (Å²) >= 11 is -0.679. The van der Waals surface area contributed by atoms with Crippen molar-refractivity contribution < 1.29 is 10.2 Å². The third kappa shape index (κ3) is 6.03. The molecule has 0 rings (SSSR count). The van der Waals surface area contributed by atoms with Gasteiger partial charge in [-0.3, -0.25) is 0 Å². The summed E-state index contributed by atoms with van der Waals surface area (Å²) in [5.41, 5.74) is 0. The van der Waals surface area contributed by atoms with Gasteiger partial charge in [-0.15, -0.1) is 0 Å². The number of rotatable bonds is 6. The van der Waals surface area contributed by atoms with Gasteiger partial charge in [0.25, 0.3) is 0 Å². The average Bonchev–Trinajstić information content (AvgIpc) is 2.06. The Labute approximate surface area is 76.6 Å². The first-order valence-electron chi connectivity index (χ1n) is 3.91. The van der Waals surface area contributed by atoms with Gasteiger partial charge in [-0.1, -0.05) is 0 Å². The second kappa shape index (κ2) is 7.48. The Kier molecular flexibility index (Phi) is 8.04. The summed E-state index contributed by atoms with van der Waals surface area (Å²) in [6.07, 6.45) is -0.505. The van der Waals surface area contributed by atoms with Crippen LogP contribution in [0.3, 0.4) is 0 Å². The van der Waals surface area contributed by atoms with Gasteiger partial charge in [-0.25, -0.2) is 0 Å². The Morgan fingerprint density at radius 2 is 1.91 bits per heavy atom. The number of hydrogen-bond donors (Lipinski definition) is 2. The van der Waals surface area contributed by atoms with E-state index in [1.165, 1.54) is 10.4 Å². The molecule has 0 aromatic rings. The predicted octanol–water partition coefficient (Wildman–Crippen LogP) is 1.10. The van der Waals surface area contributed by atoms with E-state index < -0.39 is 19.6 Å². The summed E-state index contributed by atoms with van der Waals surface area (Å²) in [7, 11) is 1.89. The molecule has 0 aliphatic rings. The molecule has 0 heterocycles. The molecule has 0 aliphatic carbocycles. The molecule has 0 spiro atoms. The third-order valence-corrected chi connectivity index (χ3v) is 11.1. The third-order valence-electron chi connectivity index (χ3n) is 1.37. The molecule has 0 aliphatic heterocycles. The van der Waals surface area contributed by atoms with Gasteiger partial charge >= 0.3 is 76.5 Å². The van der Waals surface area contributed by atoms with Crippen LogP contribution in [0.2, 0.25) is 10.4 Å². The van der Waals surface area contributed by atoms with E-state index in [1.54, 1.807) is 0 Å². The Bertz CT molecular complexity index is 88.5. The molecule has 0 amide bonds. The molecule has 0 radical (unpaired) electrons. The van der Waals surface area contributed by atoms with E-state index in [0.29, 0.717) is 0 Å². The quantitative estimate of drug-likeness (QED) is 0.683. The summed E-state index contributed by atoms with van der Waals surface area (Å²) in [6.45, 7) is 4.33. The molecule has 11 heavy (non-hydrogen) atoms. The first-order chi connectivity index (χ1) is 5.24. The van der Waals surface area contributed by atoms with Gasteiger partial charge in [0.1, 0.15) is 0 Å². The molecule has 0 saturated carbocycles. The van der Waals surface area contributed by atoms with Crippen LogP contribution in [-0.2, 0) is 0 Å². The van der Waals surface area contributed by atoms with Crippen molar-refractivity contribution in [2.24, 2.45) is 0 Å². The zero-order valence-corrected chi connectivity index (χ0v) is 9.85. The van der Waals surface area contributed by atoms with Crippen molar-refractivity contribution in [1.29, 1.82) is 0 Å². The summed E-state index contributed by atoms with van der Waals surface area (Å²) in [4.78, 5) is 0. The number of hydrogen-bond acceptors (Lipinski definition) is 3. The molecule has 2 nitrogen and oxygen atoms in total. The molecule has 2 N–H and O–H groups in total. The van der Waals surface area contributed by atoms with E-state index in [4.69, 9.17) is 10.2 Å². The van der Waals surface area contributed by atoms with Crippen molar-refractivity contribution in [3.63, 3.8) is 0 Å². The van der Waals surface area contributed by atoms with Crippen molar-refractivity contribution in [2.75, 3.05) is 12.4 Å². The molecule has 1 atom stereocenters. The molecule has 1 unspecified atom stereocenters. The van der Waals surface area contributed by atoms with Gasteiger partial charge in [0.2, 0.25) is 0 Å². The van der Waals surface area contributed by atoms with Crippen LogP contribution in [0.5, 0.6) is 0 Å². The molecule has 0 saturated heterocycles. The molecule has 0 aromatic heterocycles. The molecular weight excluding hydrogens is 223 g/mol. The molecule has 0 fully saturated rings. The first-order valence-corrected chi connectivity index (χ1v) is 9.80. The Balaban J connectivity index is 3.34. The van der Waals surface area contributed by atoms with Crippen LogP contribution in [0.15, 0.2) is 0 Å². The van der Waals surface area contributed by atoms with E-state index in [0.717, 1.165) is 5.75 Å². The standard InChI is InChI=1S/C7H17AsO2S/c1-3-8(4-2)11-6-7(10)5-9/h7,9-10H,3-6H2,1-2H3. The Hall–Kier alpha value is 0.828. The van der Waals surface area contributed by atoms with E-state index in [9.17, 15) is 0 Å². The van der Waals surface area contributed by atoms with Crippen LogP contribution in [0.25, 0.3) is 0 Å². The van der Waals surface area contributed by atoms with Gasteiger partial charge in [-0.2, -0.15) is 0 Å². The molecular formula is C7H17AsO2S. The van der Waals surface area contributed by atoms with Crippen molar-refractivity contribution in [1.82, 2.24) is 0 Å². The monoisotopic (exact) mass is 240 g/mol. The summed E-state index contributed by atoms with van der Waals surface area (Å²) < 4.78 is 0. The Morgan fingerprint density at radius 1 is 1.36 bits per heavy atom. The zero-order valence-electron chi connectivity index (χ0n) is 7.16. The average molecular weight is 240 g/mol. The summed E-state index contributed by atoms with van der Waals surface area (Å²) in [5.74, 6) is 0.720. The fourth-order valence-corrected chi connectivity index (χ4v) is 7.15. The van der Waals surface area contributed by atoms with Crippen LogP contribution in [0.1, 0.15) is 13.8 Å². The Morgan fingerprint density at radius 3 is 2.27 bits per heavy atom. The fraction of sp³-hybridized carbons (Fsp3) is 1.00. The predicted molar refractivity (Wildman–Crippen MR) is 52.3 cm³/mol. The SMILES string of the molecule is CC[As](CC)SCC(O)CO. The van der Waals surface area contributed by atoms with E-state index in [-0.39, 0.29) is 6.61 Å². The van der Waals surface area contributed by atoms with Gasteiger partial charge in [0.15, 0.2) is 0 Å². The fourth-order valence-electron chi connectivity index (χ4n) is 0.650. The van der Waals surface area contributed by atoms with Crippen molar-refractivity contribution in [3.8, 4) is 0 Å². The minimum absolute atomic E-state index is 0.0946. The second-order valence-corrected chi connectivity index (χ2v) is 11.8. The van der Waals surface area contributed by atoms with E-state index in [2.05, 4.69) is 13.8 Å². The normalized spacial score (nSPS) is 13.9. The molecule has 0 aromatic carbocycles. The zero-order chi connectivity index (χ0) is 8.69. The second-order valence-electron chi connectivity index (χ2n) is 2.25. The topological polar surface area (TPSA) is 40.5 Å². The molecule has 68 valence electrons. The van der Waals surface area contributed by atoms with Crippen LogP contribution in [0, 0.1) is 0 Å². The maximum atomic E-state index is 9.05.